The molecule has 0 spiro atoms. The third-order valence-electron chi connectivity index (χ3n) is 4.85. The molecule has 3 rings (SSSR count). The zero-order valence-corrected chi connectivity index (χ0v) is 18.0. The highest BCUT2D eigenvalue weighted by molar-refractivity contribution is 5.79. The molecular weight excluding hydrogens is 402 g/mol. The van der Waals surface area contributed by atoms with Gasteiger partial charge in [0.25, 0.3) is 0 Å². The van der Waals surface area contributed by atoms with E-state index in [9.17, 15) is 8.78 Å². The highest BCUT2D eigenvalue weighted by Crippen LogP contribution is 2.22. The molecule has 1 aliphatic rings. The Morgan fingerprint density at radius 2 is 1.90 bits per heavy atom. The monoisotopic (exact) mass is 432 g/mol. The average molecular weight is 433 g/mol. The lowest BCUT2D eigenvalue weighted by Gasteiger charge is -2.29. The fourth-order valence-electron chi connectivity index (χ4n) is 3.26. The molecule has 0 aliphatic carbocycles. The largest absolute Gasteiger partial charge is 0.486 e. The van der Waals surface area contributed by atoms with Gasteiger partial charge in [0, 0.05) is 19.6 Å². The molecule has 0 radical (unpaired) electrons. The van der Waals surface area contributed by atoms with E-state index in [-0.39, 0.29) is 17.7 Å². The molecule has 1 heterocycles. The zero-order chi connectivity index (χ0) is 22.1. The van der Waals surface area contributed by atoms with Gasteiger partial charge in [0.1, 0.15) is 11.9 Å². The van der Waals surface area contributed by atoms with Crippen molar-refractivity contribution >= 4 is 11.6 Å². The number of para-hydroxylation sites is 1. The smallest absolute Gasteiger partial charge is 0.191 e. The second-order valence-corrected chi connectivity index (χ2v) is 7.32. The van der Waals surface area contributed by atoms with E-state index in [2.05, 4.69) is 15.6 Å². The van der Waals surface area contributed by atoms with Gasteiger partial charge >= 0.3 is 0 Å². The number of rotatable bonds is 8. The fourth-order valence-corrected chi connectivity index (χ4v) is 3.26. The third kappa shape index (κ3) is 6.82. The van der Waals surface area contributed by atoms with Gasteiger partial charge in [0.2, 0.25) is 0 Å². The summed E-state index contributed by atoms with van der Waals surface area (Å²) in [5, 5.41) is 6.34. The summed E-state index contributed by atoms with van der Waals surface area (Å²) < 4.78 is 39.3. The van der Waals surface area contributed by atoms with Crippen LogP contribution in [0.4, 0.5) is 14.5 Å². The summed E-state index contributed by atoms with van der Waals surface area (Å²) >= 11 is 0. The van der Waals surface area contributed by atoms with Gasteiger partial charge in [-0.25, -0.2) is 13.8 Å². The molecule has 0 amide bonds. The van der Waals surface area contributed by atoms with Crippen LogP contribution in [0, 0.1) is 11.6 Å². The van der Waals surface area contributed by atoms with Gasteiger partial charge in [-0.3, -0.25) is 0 Å². The molecule has 1 fully saturated rings. The number of halogens is 2. The molecule has 1 saturated heterocycles. The van der Waals surface area contributed by atoms with Gasteiger partial charge < -0.3 is 25.0 Å². The maximum absolute atomic E-state index is 14.6. The first kappa shape index (κ1) is 22.8. The van der Waals surface area contributed by atoms with Gasteiger partial charge in [0.15, 0.2) is 17.5 Å². The molecule has 2 aromatic rings. The molecule has 0 bridgehead atoms. The van der Waals surface area contributed by atoms with Crippen molar-refractivity contribution in [1.29, 1.82) is 0 Å². The van der Waals surface area contributed by atoms with Gasteiger partial charge in [0.05, 0.1) is 32.0 Å². The van der Waals surface area contributed by atoms with Crippen LogP contribution in [-0.4, -0.2) is 51.5 Å². The predicted molar refractivity (Wildman–Crippen MR) is 119 cm³/mol. The maximum atomic E-state index is 14.6. The van der Waals surface area contributed by atoms with Gasteiger partial charge in [-0.05, 0) is 43.7 Å². The van der Waals surface area contributed by atoms with Crippen molar-refractivity contribution in [2.24, 2.45) is 4.99 Å². The van der Waals surface area contributed by atoms with Crippen molar-refractivity contribution in [3.05, 3.63) is 59.7 Å². The van der Waals surface area contributed by atoms with Crippen molar-refractivity contribution in [2.45, 2.75) is 26.5 Å². The van der Waals surface area contributed by atoms with E-state index in [0.29, 0.717) is 57.6 Å². The highest BCUT2D eigenvalue weighted by Gasteiger charge is 2.15. The van der Waals surface area contributed by atoms with Crippen molar-refractivity contribution < 1.29 is 18.3 Å². The molecule has 1 aliphatic heterocycles. The molecule has 31 heavy (non-hydrogen) atoms. The number of benzene rings is 2. The molecule has 0 aromatic heterocycles. The van der Waals surface area contributed by atoms with Crippen LogP contribution >= 0.6 is 0 Å². The van der Waals surface area contributed by atoms with Crippen LogP contribution in [0.15, 0.2) is 47.5 Å². The van der Waals surface area contributed by atoms with Gasteiger partial charge in [-0.15, -0.1) is 0 Å². The summed E-state index contributed by atoms with van der Waals surface area (Å²) in [6.45, 7) is 7.87. The number of hydrogen-bond acceptors (Lipinski definition) is 4. The lowest BCUT2D eigenvalue weighted by Crippen LogP contribution is -2.41. The SMILES string of the molecule is CCNC(=NCc1ccc(N2CCOCC2)c(F)c1)NCC(C)Oc1ccccc1F. The highest BCUT2D eigenvalue weighted by atomic mass is 19.1. The number of anilines is 1. The Kier molecular flexibility index (Phi) is 8.46. The zero-order valence-electron chi connectivity index (χ0n) is 18.0. The summed E-state index contributed by atoms with van der Waals surface area (Å²) in [4.78, 5) is 6.52. The van der Waals surface area contributed by atoms with Crippen LogP contribution in [-0.2, 0) is 11.3 Å². The molecule has 2 N–H and O–H groups in total. The van der Waals surface area contributed by atoms with E-state index < -0.39 is 5.82 Å². The van der Waals surface area contributed by atoms with Crippen LogP contribution in [0.25, 0.3) is 0 Å². The van der Waals surface area contributed by atoms with Crippen LogP contribution in [0.3, 0.4) is 0 Å². The number of guanidine groups is 1. The second-order valence-electron chi connectivity index (χ2n) is 7.32. The van der Waals surface area contributed by atoms with E-state index in [1.54, 1.807) is 24.3 Å². The molecular formula is C23H30F2N4O2. The summed E-state index contributed by atoms with van der Waals surface area (Å²) in [5.74, 6) is 0.163. The number of ether oxygens (including phenoxy) is 2. The van der Waals surface area contributed by atoms with Crippen LogP contribution in [0.1, 0.15) is 19.4 Å². The number of nitrogens with one attached hydrogen (secondary N) is 2. The first-order valence-corrected chi connectivity index (χ1v) is 10.6. The van der Waals surface area contributed by atoms with Crippen LogP contribution < -0.4 is 20.3 Å². The summed E-state index contributed by atoms with van der Waals surface area (Å²) in [5.41, 5.74) is 1.38. The molecule has 8 heteroatoms. The molecule has 1 unspecified atom stereocenters. The number of aliphatic imine (C=N–C) groups is 1. The Morgan fingerprint density at radius 3 is 2.61 bits per heavy atom. The van der Waals surface area contributed by atoms with Crippen molar-refractivity contribution in [3.63, 3.8) is 0 Å². The minimum Gasteiger partial charge on any atom is -0.486 e. The van der Waals surface area contributed by atoms with Crippen molar-refractivity contribution in [2.75, 3.05) is 44.3 Å². The van der Waals surface area contributed by atoms with E-state index in [0.717, 1.165) is 5.56 Å². The summed E-state index contributed by atoms with van der Waals surface area (Å²) in [7, 11) is 0. The quantitative estimate of drug-likeness (QED) is 0.495. The van der Waals surface area contributed by atoms with Crippen LogP contribution in [0.5, 0.6) is 5.75 Å². The Hall–Kier alpha value is -2.87. The molecule has 2 aromatic carbocycles. The molecule has 1 atom stereocenters. The number of morpholine rings is 1. The van der Waals surface area contributed by atoms with Crippen molar-refractivity contribution in [3.8, 4) is 5.75 Å². The number of hydrogen-bond donors (Lipinski definition) is 2. The van der Waals surface area contributed by atoms with Gasteiger partial charge in [-0.1, -0.05) is 18.2 Å². The Labute approximate surface area is 182 Å². The fraction of sp³-hybridized carbons (Fsp3) is 0.435. The standard InChI is InChI=1S/C23H30F2N4O2/c1-3-26-23(27-15-17(2)31-22-7-5-4-6-19(22)24)28-16-18-8-9-21(20(25)14-18)29-10-12-30-13-11-29/h4-9,14,17H,3,10-13,15-16H2,1-2H3,(H2,26,27,28). The van der Waals surface area contributed by atoms with Crippen LogP contribution in [0.2, 0.25) is 0 Å². The van der Waals surface area contributed by atoms with Crippen molar-refractivity contribution in [1.82, 2.24) is 10.6 Å². The lowest BCUT2D eigenvalue weighted by molar-refractivity contribution is 0.122. The minimum atomic E-state index is -0.391. The minimum absolute atomic E-state index is 0.217. The average Bonchev–Trinajstić information content (AvgIpc) is 2.78. The number of nitrogens with zero attached hydrogens (tertiary/aromatic N) is 2. The van der Waals surface area contributed by atoms with E-state index in [1.807, 2.05) is 24.8 Å². The first-order chi connectivity index (χ1) is 15.1. The van der Waals surface area contributed by atoms with E-state index in [1.165, 1.54) is 12.1 Å². The summed E-state index contributed by atoms with van der Waals surface area (Å²) in [6.07, 6.45) is -0.272. The normalized spacial score (nSPS) is 15.5. The Morgan fingerprint density at radius 1 is 1.13 bits per heavy atom. The molecule has 6 nitrogen and oxygen atoms in total. The topological polar surface area (TPSA) is 58.1 Å². The first-order valence-electron chi connectivity index (χ1n) is 10.6. The van der Waals surface area contributed by atoms with E-state index in [4.69, 9.17) is 9.47 Å². The Bertz CT molecular complexity index is 872. The molecule has 168 valence electrons. The second kappa shape index (κ2) is 11.5. The third-order valence-corrected chi connectivity index (χ3v) is 4.85. The maximum Gasteiger partial charge on any atom is 0.191 e. The molecule has 0 saturated carbocycles. The Balaban J connectivity index is 1.56. The predicted octanol–water partition coefficient (Wildman–Crippen LogP) is 3.32. The van der Waals surface area contributed by atoms with Gasteiger partial charge in [-0.2, -0.15) is 0 Å². The van der Waals surface area contributed by atoms with E-state index >= 15 is 0 Å². The lowest BCUT2D eigenvalue weighted by atomic mass is 10.1. The summed E-state index contributed by atoms with van der Waals surface area (Å²) in [6, 6.07) is 11.5.